The minimum atomic E-state index is 0.0324. The first-order valence-corrected chi connectivity index (χ1v) is 9.40. The van der Waals surface area contributed by atoms with Crippen LogP contribution in [-0.4, -0.2) is 57.6 Å². The lowest BCUT2D eigenvalue weighted by Gasteiger charge is -2.36. The minimum Gasteiger partial charge on any atom is -0.339 e. The quantitative estimate of drug-likeness (QED) is 0.852. The molecule has 26 heavy (non-hydrogen) atoms. The highest BCUT2D eigenvalue weighted by Crippen LogP contribution is 2.27. The van der Waals surface area contributed by atoms with Gasteiger partial charge in [-0.3, -0.25) is 9.59 Å². The highest BCUT2D eigenvalue weighted by atomic mass is 16.2. The van der Waals surface area contributed by atoms with Gasteiger partial charge in [-0.15, -0.1) is 0 Å². The maximum atomic E-state index is 12.7. The van der Waals surface area contributed by atoms with Gasteiger partial charge in [-0.1, -0.05) is 12.8 Å². The van der Waals surface area contributed by atoms with Crippen LogP contribution >= 0.6 is 0 Å². The Kier molecular flexibility index (Phi) is 4.73. The van der Waals surface area contributed by atoms with E-state index >= 15 is 0 Å². The van der Waals surface area contributed by atoms with Gasteiger partial charge in [0, 0.05) is 50.1 Å². The molecule has 0 radical (unpaired) electrons. The number of hydrogen-bond donors (Lipinski definition) is 0. The smallest absolute Gasteiger partial charge is 0.253 e. The molecule has 2 aromatic rings. The average Bonchev–Trinajstić information content (AvgIpc) is 3.41. The molecule has 1 saturated heterocycles. The molecule has 2 aliphatic rings. The summed E-state index contributed by atoms with van der Waals surface area (Å²) in [5.41, 5.74) is 1.61. The van der Waals surface area contributed by atoms with E-state index in [2.05, 4.69) is 5.10 Å². The van der Waals surface area contributed by atoms with E-state index in [1.54, 1.807) is 10.9 Å². The molecule has 6 heteroatoms. The number of nitrogens with zero attached hydrogens (tertiary/aromatic N) is 4. The van der Waals surface area contributed by atoms with Crippen molar-refractivity contribution in [3.63, 3.8) is 0 Å². The SMILES string of the molecule is O=C(c1ccc(-n2cccn2)cc1)N1CCN(C(=O)C2CCCC2)CC1. The van der Waals surface area contributed by atoms with Crippen molar-refractivity contribution >= 4 is 11.8 Å². The van der Waals surface area contributed by atoms with E-state index in [1.165, 1.54) is 12.8 Å². The van der Waals surface area contributed by atoms with E-state index in [-0.39, 0.29) is 17.7 Å². The van der Waals surface area contributed by atoms with Crippen LogP contribution in [0.3, 0.4) is 0 Å². The van der Waals surface area contributed by atoms with Gasteiger partial charge < -0.3 is 9.80 Å². The van der Waals surface area contributed by atoms with Crippen molar-refractivity contribution in [3.05, 3.63) is 48.3 Å². The van der Waals surface area contributed by atoms with Gasteiger partial charge in [0.1, 0.15) is 0 Å². The van der Waals surface area contributed by atoms with Crippen LogP contribution in [0.2, 0.25) is 0 Å². The van der Waals surface area contributed by atoms with Crippen molar-refractivity contribution in [1.29, 1.82) is 0 Å². The molecule has 1 aliphatic carbocycles. The third-order valence-electron chi connectivity index (χ3n) is 5.47. The highest BCUT2D eigenvalue weighted by molar-refractivity contribution is 5.94. The summed E-state index contributed by atoms with van der Waals surface area (Å²) in [7, 11) is 0. The van der Waals surface area contributed by atoms with E-state index < -0.39 is 0 Å². The molecular formula is C20H24N4O2. The zero-order valence-corrected chi connectivity index (χ0v) is 14.9. The van der Waals surface area contributed by atoms with Gasteiger partial charge in [-0.05, 0) is 43.2 Å². The third kappa shape index (κ3) is 3.36. The first kappa shape index (κ1) is 16.8. The van der Waals surface area contributed by atoms with Crippen molar-refractivity contribution in [2.75, 3.05) is 26.2 Å². The summed E-state index contributed by atoms with van der Waals surface area (Å²) >= 11 is 0. The lowest BCUT2D eigenvalue weighted by atomic mass is 10.1. The fraction of sp³-hybridized carbons (Fsp3) is 0.450. The Labute approximate surface area is 153 Å². The van der Waals surface area contributed by atoms with E-state index in [0.717, 1.165) is 18.5 Å². The third-order valence-corrected chi connectivity index (χ3v) is 5.47. The van der Waals surface area contributed by atoms with Crippen LogP contribution < -0.4 is 0 Å². The number of hydrogen-bond acceptors (Lipinski definition) is 3. The molecule has 1 aromatic carbocycles. The number of aromatic nitrogens is 2. The summed E-state index contributed by atoms with van der Waals surface area (Å²) in [5.74, 6) is 0.537. The lowest BCUT2D eigenvalue weighted by Crippen LogP contribution is -2.51. The van der Waals surface area contributed by atoms with Gasteiger partial charge >= 0.3 is 0 Å². The molecule has 0 unspecified atom stereocenters. The van der Waals surface area contributed by atoms with Crippen molar-refractivity contribution < 1.29 is 9.59 Å². The predicted molar refractivity (Wildman–Crippen MR) is 98.0 cm³/mol. The molecule has 1 aliphatic heterocycles. The topological polar surface area (TPSA) is 58.4 Å². The lowest BCUT2D eigenvalue weighted by molar-refractivity contribution is -0.136. The summed E-state index contributed by atoms with van der Waals surface area (Å²) in [5, 5.41) is 4.19. The number of rotatable bonds is 3. The fourth-order valence-electron chi connectivity index (χ4n) is 3.92. The average molecular weight is 352 g/mol. The molecule has 0 N–H and O–H groups in total. The molecule has 2 fully saturated rings. The summed E-state index contributed by atoms with van der Waals surface area (Å²) in [6, 6.07) is 9.36. The summed E-state index contributed by atoms with van der Waals surface area (Å²) < 4.78 is 1.77. The van der Waals surface area contributed by atoms with Crippen LogP contribution in [0.1, 0.15) is 36.0 Å². The molecule has 6 nitrogen and oxygen atoms in total. The molecule has 2 heterocycles. The Balaban J connectivity index is 1.35. The fourth-order valence-corrected chi connectivity index (χ4v) is 3.92. The van der Waals surface area contributed by atoms with Crippen LogP contribution in [0.25, 0.3) is 5.69 Å². The first-order valence-electron chi connectivity index (χ1n) is 9.40. The molecule has 2 amide bonds. The highest BCUT2D eigenvalue weighted by Gasteiger charge is 2.30. The van der Waals surface area contributed by atoms with Gasteiger partial charge in [-0.2, -0.15) is 5.10 Å². The normalized spacial score (nSPS) is 18.3. The largest absolute Gasteiger partial charge is 0.339 e. The zero-order valence-electron chi connectivity index (χ0n) is 14.9. The van der Waals surface area contributed by atoms with Gasteiger partial charge in [0.05, 0.1) is 5.69 Å². The number of piperazine rings is 1. The van der Waals surface area contributed by atoms with E-state index in [4.69, 9.17) is 0 Å². The minimum absolute atomic E-state index is 0.0324. The summed E-state index contributed by atoms with van der Waals surface area (Å²) in [4.78, 5) is 29.0. The second-order valence-corrected chi connectivity index (χ2v) is 7.10. The second kappa shape index (κ2) is 7.32. The second-order valence-electron chi connectivity index (χ2n) is 7.10. The van der Waals surface area contributed by atoms with Gasteiger partial charge in [-0.25, -0.2) is 4.68 Å². The molecule has 0 spiro atoms. The Morgan fingerprint density at radius 3 is 2.19 bits per heavy atom. The first-order chi connectivity index (χ1) is 12.7. The Bertz CT molecular complexity index is 756. The van der Waals surface area contributed by atoms with Crippen LogP contribution in [0.15, 0.2) is 42.7 Å². The van der Waals surface area contributed by atoms with Gasteiger partial charge in [0.15, 0.2) is 0 Å². The molecule has 136 valence electrons. The predicted octanol–water partition coefficient (Wildman–Crippen LogP) is 2.35. The van der Waals surface area contributed by atoms with Crippen molar-refractivity contribution in [1.82, 2.24) is 19.6 Å². The van der Waals surface area contributed by atoms with Crippen molar-refractivity contribution in [3.8, 4) is 5.69 Å². The number of benzene rings is 1. The molecule has 0 bridgehead atoms. The summed E-state index contributed by atoms with van der Waals surface area (Å²) in [6.45, 7) is 2.51. The zero-order chi connectivity index (χ0) is 17.9. The van der Waals surface area contributed by atoms with Crippen LogP contribution in [0, 0.1) is 5.92 Å². The number of amides is 2. The van der Waals surface area contributed by atoms with Crippen LogP contribution in [0.4, 0.5) is 0 Å². The number of carbonyl (C=O) groups excluding carboxylic acids is 2. The van der Waals surface area contributed by atoms with E-state index in [0.29, 0.717) is 31.7 Å². The van der Waals surface area contributed by atoms with Crippen molar-refractivity contribution in [2.45, 2.75) is 25.7 Å². The molecule has 0 atom stereocenters. The van der Waals surface area contributed by atoms with E-state index in [9.17, 15) is 9.59 Å². The van der Waals surface area contributed by atoms with Crippen LogP contribution in [0.5, 0.6) is 0 Å². The Morgan fingerprint density at radius 1 is 0.923 bits per heavy atom. The monoisotopic (exact) mass is 352 g/mol. The Morgan fingerprint density at radius 2 is 1.58 bits per heavy atom. The molecule has 1 saturated carbocycles. The molecule has 1 aromatic heterocycles. The molecule has 4 rings (SSSR count). The standard InChI is InChI=1S/C20H24N4O2/c25-19(16-4-1-2-5-16)22-12-14-23(15-13-22)20(26)17-6-8-18(9-7-17)24-11-3-10-21-24/h3,6-11,16H,1-2,4-5,12-15H2. The summed E-state index contributed by atoms with van der Waals surface area (Å²) in [6.07, 6.45) is 8.00. The van der Waals surface area contributed by atoms with Crippen molar-refractivity contribution in [2.24, 2.45) is 5.92 Å². The van der Waals surface area contributed by atoms with Gasteiger partial charge in [0.25, 0.3) is 5.91 Å². The number of carbonyl (C=O) groups is 2. The molecular weight excluding hydrogens is 328 g/mol. The Hall–Kier alpha value is -2.63. The maximum absolute atomic E-state index is 12.7. The maximum Gasteiger partial charge on any atom is 0.253 e. The van der Waals surface area contributed by atoms with Gasteiger partial charge in [0.2, 0.25) is 5.91 Å². The van der Waals surface area contributed by atoms with Crippen LogP contribution in [-0.2, 0) is 4.79 Å². The van der Waals surface area contributed by atoms with E-state index in [1.807, 2.05) is 46.3 Å².